The molecule has 29 heavy (non-hydrogen) atoms. The zero-order chi connectivity index (χ0) is 21.6. The van der Waals surface area contributed by atoms with Crippen LogP contribution in [0.2, 0.25) is 5.02 Å². The van der Waals surface area contributed by atoms with Gasteiger partial charge < -0.3 is 15.4 Å². The van der Waals surface area contributed by atoms with Gasteiger partial charge >= 0.3 is 5.97 Å². The summed E-state index contributed by atoms with van der Waals surface area (Å²) in [6, 6.07) is 10.6. The molecule has 0 fully saturated rings. The van der Waals surface area contributed by atoms with Crippen molar-refractivity contribution in [2.45, 2.75) is 26.2 Å². The third kappa shape index (κ3) is 6.87. The number of amides is 2. The topological polar surface area (TPSA) is 84.5 Å². The van der Waals surface area contributed by atoms with E-state index in [4.69, 9.17) is 16.3 Å². The van der Waals surface area contributed by atoms with Gasteiger partial charge in [0, 0.05) is 5.56 Å². The van der Waals surface area contributed by atoms with Crippen molar-refractivity contribution >= 4 is 35.1 Å². The van der Waals surface area contributed by atoms with Crippen LogP contribution < -0.4 is 10.6 Å². The molecule has 0 aliphatic rings. The molecule has 0 unspecified atom stereocenters. The van der Waals surface area contributed by atoms with Crippen LogP contribution in [0.1, 0.15) is 36.7 Å². The highest BCUT2D eigenvalue weighted by atomic mass is 35.5. The predicted molar refractivity (Wildman–Crippen MR) is 108 cm³/mol. The fourth-order valence-corrected chi connectivity index (χ4v) is 2.56. The van der Waals surface area contributed by atoms with Crippen LogP contribution in [0.3, 0.4) is 0 Å². The highest BCUT2D eigenvalue weighted by Gasteiger charge is 2.15. The molecule has 0 spiro atoms. The maximum atomic E-state index is 13.0. The fourth-order valence-electron chi connectivity index (χ4n) is 2.35. The molecule has 0 atom stereocenters. The van der Waals surface area contributed by atoms with Crippen LogP contribution in [0, 0.1) is 5.82 Å². The predicted octanol–water partition coefficient (Wildman–Crippen LogP) is 3.69. The molecular weight excluding hydrogens is 399 g/mol. The van der Waals surface area contributed by atoms with Crippen molar-refractivity contribution in [3.05, 3.63) is 64.4 Å². The Balaban J connectivity index is 1.77. The second kappa shape index (κ2) is 9.52. The van der Waals surface area contributed by atoms with Gasteiger partial charge in [-0.15, -0.1) is 0 Å². The standard InChI is InChI=1S/C21H22ClFN2O4/c1-21(2,3)14-6-4-13(5-7-14)20(28)24-11-19(27)29-12-18(26)25-17-9-8-15(23)10-16(17)22/h4-10H,11-12H2,1-3H3,(H,24,28)(H,25,26). The van der Waals surface area contributed by atoms with E-state index in [0.29, 0.717) is 5.56 Å². The first-order chi connectivity index (χ1) is 13.6. The molecule has 2 rings (SSSR count). The number of carbonyl (C=O) groups excluding carboxylic acids is 3. The summed E-state index contributed by atoms with van der Waals surface area (Å²) in [6.45, 7) is 5.25. The summed E-state index contributed by atoms with van der Waals surface area (Å²) in [5, 5.41) is 4.86. The van der Waals surface area contributed by atoms with E-state index in [9.17, 15) is 18.8 Å². The van der Waals surface area contributed by atoms with Crippen LogP contribution in [-0.2, 0) is 19.7 Å². The van der Waals surface area contributed by atoms with Crippen molar-refractivity contribution in [2.24, 2.45) is 0 Å². The van der Waals surface area contributed by atoms with E-state index in [1.807, 2.05) is 12.1 Å². The fraction of sp³-hybridized carbons (Fsp3) is 0.286. The number of anilines is 1. The second-order valence-corrected chi connectivity index (χ2v) is 7.75. The molecule has 154 valence electrons. The summed E-state index contributed by atoms with van der Waals surface area (Å²) in [5.41, 5.74) is 1.66. The van der Waals surface area contributed by atoms with E-state index in [2.05, 4.69) is 31.4 Å². The van der Waals surface area contributed by atoms with Gasteiger partial charge in [0.1, 0.15) is 12.4 Å². The molecule has 0 radical (unpaired) electrons. The molecule has 2 N–H and O–H groups in total. The molecule has 2 amide bonds. The maximum Gasteiger partial charge on any atom is 0.325 e. The smallest absolute Gasteiger partial charge is 0.325 e. The minimum Gasteiger partial charge on any atom is -0.454 e. The van der Waals surface area contributed by atoms with E-state index in [1.165, 1.54) is 6.07 Å². The lowest BCUT2D eigenvalue weighted by molar-refractivity contribution is -0.146. The van der Waals surface area contributed by atoms with Crippen molar-refractivity contribution < 1.29 is 23.5 Å². The molecule has 8 heteroatoms. The van der Waals surface area contributed by atoms with Crippen molar-refractivity contribution in [3.8, 4) is 0 Å². The Bertz CT molecular complexity index is 908. The third-order valence-electron chi connectivity index (χ3n) is 3.98. The first-order valence-electron chi connectivity index (χ1n) is 8.85. The van der Waals surface area contributed by atoms with Crippen LogP contribution >= 0.6 is 11.6 Å². The molecule has 0 bridgehead atoms. The van der Waals surface area contributed by atoms with Gasteiger partial charge in [0.2, 0.25) is 0 Å². The first-order valence-corrected chi connectivity index (χ1v) is 9.23. The number of nitrogens with one attached hydrogen (secondary N) is 2. The minimum atomic E-state index is -0.773. The van der Waals surface area contributed by atoms with Crippen LogP contribution in [0.15, 0.2) is 42.5 Å². The van der Waals surface area contributed by atoms with Gasteiger partial charge in [0.05, 0.1) is 10.7 Å². The summed E-state index contributed by atoms with van der Waals surface area (Å²) >= 11 is 5.80. The van der Waals surface area contributed by atoms with Crippen LogP contribution in [0.25, 0.3) is 0 Å². The summed E-state index contributed by atoms with van der Waals surface area (Å²) in [5.74, 6) is -2.38. The molecule has 2 aromatic rings. The van der Waals surface area contributed by atoms with E-state index in [0.717, 1.165) is 17.7 Å². The molecule has 6 nitrogen and oxygen atoms in total. The lowest BCUT2D eigenvalue weighted by Gasteiger charge is -2.19. The molecule has 0 aliphatic carbocycles. The number of esters is 1. The quantitative estimate of drug-likeness (QED) is 0.698. The molecule has 0 saturated carbocycles. The zero-order valence-corrected chi connectivity index (χ0v) is 17.1. The van der Waals surface area contributed by atoms with Gasteiger partial charge in [0.15, 0.2) is 6.61 Å². The second-order valence-electron chi connectivity index (χ2n) is 7.34. The van der Waals surface area contributed by atoms with Crippen molar-refractivity contribution in [2.75, 3.05) is 18.5 Å². The van der Waals surface area contributed by atoms with Gasteiger partial charge in [-0.3, -0.25) is 14.4 Å². The largest absolute Gasteiger partial charge is 0.454 e. The van der Waals surface area contributed by atoms with Gasteiger partial charge in [-0.25, -0.2) is 4.39 Å². The van der Waals surface area contributed by atoms with E-state index < -0.39 is 30.2 Å². The zero-order valence-electron chi connectivity index (χ0n) is 16.3. The number of ether oxygens (including phenoxy) is 1. The monoisotopic (exact) mass is 420 g/mol. The van der Waals surface area contributed by atoms with Crippen LogP contribution in [0.5, 0.6) is 0 Å². The van der Waals surface area contributed by atoms with E-state index in [1.54, 1.807) is 12.1 Å². The Morgan fingerprint density at radius 1 is 1.07 bits per heavy atom. The average molecular weight is 421 g/mol. The summed E-state index contributed by atoms with van der Waals surface area (Å²) in [4.78, 5) is 35.6. The Hall–Kier alpha value is -2.93. The molecular formula is C21H22ClFN2O4. The highest BCUT2D eigenvalue weighted by Crippen LogP contribution is 2.23. The normalized spacial score (nSPS) is 10.9. The molecule has 0 aliphatic heterocycles. The highest BCUT2D eigenvalue weighted by molar-refractivity contribution is 6.33. The van der Waals surface area contributed by atoms with Crippen LogP contribution in [-0.4, -0.2) is 30.9 Å². The number of halogens is 2. The molecule has 0 saturated heterocycles. The van der Waals surface area contributed by atoms with Gasteiger partial charge in [0.25, 0.3) is 11.8 Å². The Kier molecular flexibility index (Phi) is 7.34. The molecule has 0 heterocycles. The number of carbonyl (C=O) groups is 3. The van der Waals surface area contributed by atoms with E-state index >= 15 is 0 Å². The third-order valence-corrected chi connectivity index (χ3v) is 4.29. The average Bonchev–Trinajstić information content (AvgIpc) is 2.66. The molecule has 0 aromatic heterocycles. The van der Waals surface area contributed by atoms with Crippen molar-refractivity contribution in [3.63, 3.8) is 0 Å². The summed E-state index contributed by atoms with van der Waals surface area (Å²) in [6.07, 6.45) is 0. The number of hydrogen-bond donors (Lipinski definition) is 2. The SMILES string of the molecule is CC(C)(C)c1ccc(C(=O)NCC(=O)OCC(=O)Nc2ccc(F)cc2Cl)cc1. The Morgan fingerprint density at radius 2 is 1.72 bits per heavy atom. The van der Waals surface area contributed by atoms with E-state index in [-0.39, 0.29) is 22.7 Å². The first kappa shape index (κ1) is 22.4. The Labute approximate surface area is 173 Å². The number of hydrogen-bond acceptors (Lipinski definition) is 4. The molecule has 2 aromatic carbocycles. The number of rotatable bonds is 6. The van der Waals surface area contributed by atoms with Crippen molar-refractivity contribution in [1.82, 2.24) is 5.32 Å². The summed E-state index contributed by atoms with van der Waals surface area (Å²) < 4.78 is 17.8. The maximum absolute atomic E-state index is 13.0. The van der Waals surface area contributed by atoms with Gasteiger partial charge in [-0.2, -0.15) is 0 Å². The van der Waals surface area contributed by atoms with Crippen molar-refractivity contribution in [1.29, 1.82) is 0 Å². The van der Waals surface area contributed by atoms with Gasteiger partial charge in [-0.05, 0) is 41.3 Å². The Morgan fingerprint density at radius 3 is 2.31 bits per heavy atom. The summed E-state index contributed by atoms with van der Waals surface area (Å²) in [7, 11) is 0. The lowest BCUT2D eigenvalue weighted by Crippen LogP contribution is -2.32. The van der Waals surface area contributed by atoms with Crippen LogP contribution in [0.4, 0.5) is 10.1 Å². The minimum absolute atomic E-state index is 0.0226. The lowest BCUT2D eigenvalue weighted by atomic mass is 9.87. The number of benzene rings is 2. The van der Waals surface area contributed by atoms with Gasteiger partial charge in [-0.1, -0.05) is 44.5 Å².